The molecule has 0 spiro atoms. The lowest BCUT2D eigenvalue weighted by Gasteiger charge is -1.97. The second-order valence-corrected chi connectivity index (χ2v) is 5.77. The van der Waals surface area contributed by atoms with Crippen molar-refractivity contribution in [3.63, 3.8) is 0 Å². The maximum Gasteiger partial charge on any atom is 0.270 e. The summed E-state index contributed by atoms with van der Waals surface area (Å²) in [4.78, 5) is 10.9. The monoisotopic (exact) mass is 328 g/mol. The van der Waals surface area contributed by atoms with Crippen molar-refractivity contribution in [1.29, 1.82) is 0 Å². The molecule has 0 aliphatic carbocycles. The summed E-state index contributed by atoms with van der Waals surface area (Å²) in [6.07, 6.45) is 1.30. The molecule has 8 heteroatoms. The summed E-state index contributed by atoms with van der Waals surface area (Å²) in [5.74, 6) is -0.0877. The molecule has 1 N–H and O–H groups in total. The van der Waals surface area contributed by atoms with Crippen molar-refractivity contribution in [2.75, 3.05) is 0 Å². The molecule has 116 valence electrons. The van der Waals surface area contributed by atoms with Crippen LogP contribution in [0, 0.1) is 10.1 Å². The fourth-order valence-electron chi connectivity index (χ4n) is 2.08. The zero-order valence-electron chi connectivity index (χ0n) is 12.1. The van der Waals surface area contributed by atoms with E-state index in [1.165, 1.54) is 35.8 Å². The van der Waals surface area contributed by atoms with Crippen molar-refractivity contribution in [1.82, 2.24) is 4.57 Å². The summed E-state index contributed by atoms with van der Waals surface area (Å²) in [5, 5.41) is 28.5. The molecule has 0 aliphatic heterocycles. The van der Waals surface area contributed by atoms with E-state index in [-0.39, 0.29) is 17.0 Å². The number of benzene rings is 2. The fourth-order valence-corrected chi connectivity index (χ4v) is 3.05. The van der Waals surface area contributed by atoms with Crippen LogP contribution in [-0.4, -0.2) is 20.8 Å². The van der Waals surface area contributed by atoms with Gasteiger partial charge in [0.1, 0.15) is 5.75 Å². The van der Waals surface area contributed by atoms with Crippen molar-refractivity contribution in [3.05, 3.63) is 62.9 Å². The SMILES string of the molecule is Cn1/c(=N\N=C/c2cc([N+](=O)[O-])ccc2O)sc2ccccc21. The van der Waals surface area contributed by atoms with Gasteiger partial charge >= 0.3 is 0 Å². The normalized spacial score (nSPS) is 12.3. The first-order valence-electron chi connectivity index (χ1n) is 6.65. The molecule has 23 heavy (non-hydrogen) atoms. The van der Waals surface area contributed by atoms with E-state index in [4.69, 9.17) is 0 Å². The van der Waals surface area contributed by atoms with Crippen LogP contribution in [0.4, 0.5) is 5.69 Å². The smallest absolute Gasteiger partial charge is 0.270 e. The lowest BCUT2D eigenvalue weighted by atomic mass is 10.2. The van der Waals surface area contributed by atoms with E-state index in [0.29, 0.717) is 4.80 Å². The minimum atomic E-state index is -0.528. The molecule has 3 aromatic rings. The summed E-state index contributed by atoms with van der Waals surface area (Å²) in [6, 6.07) is 11.6. The molecule has 2 aromatic carbocycles. The van der Waals surface area contributed by atoms with Crippen LogP contribution in [0.3, 0.4) is 0 Å². The van der Waals surface area contributed by atoms with Crippen LogP contribution in [0.15, 0.2) is 52.7 Å². The van der Waals surface area contributed by atoms with Crippen molar-refractivity contribution < 1.29 is 10.0 Å². The Balaban J connectivity index is 1.98. The molecule has 7 nitrogen and oxygen atoms in total. The van der Waals surface area contributed by atoms with Gasteiger partial charge < -0.3 is 9.67 Å². The Kier molecular flexibility index (Phi) is 3.90. The van der Waals surface area contributed by atoms with Crippen LogP contribution in [0.25, 0.3) is 10.2 Å². The van der Waals surface area contributed by atoms with Crippen LogP contribution < -0.4 is 4.80 Å². The molecule has 0 amide bonds. The standard InChI is InChI=1S/C15H12N4O3S/c1-18-12-4-2-3-5-14(12)23-15(18)17-16-9-10-8-11(19(21)22)6-7-13(10)20/h2-9,20H,1H3/b16-9-,17-15+. The minimum Gasteiger partial charge on any atom is -0.507 e. The van der Waals surface area contributed by atoms with Gasteiger partial charge in [-0.1, -0.05) is 23.5 Å². The Morgan fingerprint density at radius 1 is 1.30 bits per heavy atom. The first-order chi connectivity index (χ1) is 11.1. The highest BCUT2D eigenvalue weighted by Crippen LogP contribution is 2.21. The number of para-hydroxylation sites is 1. The number of hydrogen-bond donors (Lipinski definition) is 1. The maximum atomic E-state index is 10.8. The average Bonchev–Trinajstić information content (AvgIpc) is 2.86. The summed E-state index contributed by atoms with van der Waals surface area (Å²) in [7, 11) is 1.89. The number of aromatic hydroxyl groups is 1. The van der Waals surface area contributed by atoms with E-state index < -0.39 is 4.92 Å². The minimum absolute atomic E-state index is 0.0877. The summed E-state index contributed by atoms with van der Waals surface area (Å²) >= 11 is 1.48. The predicted octanol–water partition coefficient (Wildman–Crippen LogP) is 2.79. The Bertz CT molecular complexity index is 988. The quantitative estimate of drug-likeness (QED) is 0.455. The molecule has 3 rings (SSSR count). The molecular formula is C15H12N4O3S. The van der Waals surface area contributed by atoms with Crippen LogP contribution in [-0.2, 0) is 7.05 Å². The summed E-state index contributed by atoms with van der Waals surface area (Å²) < 4.78 is 2.99. The van der Waals surface area contributed by atoms with E-state index in [0.717, 1.165) is 10.2 Å². The molecule has 0 fully saturated rings. The van der Waals surface area contributed by atoms with Crippen molar-refractivity contribution in [2.24, 2.45) is 17.3 Å². The molecule has 0 radical (unpaired) electrons. The molecule has 0 saturated heterocycles. The second-order valence-electron chi connectivity index (χ2n) is 4.76. The first kappa shape index (κ1) is 14.9. The van der Waals surface area contributed by atoms with Gasteiger partial charge in [0.15, 0.2) is 0 Å². The van der Waals surface area contributed by atoms with Gasteiger partial charge in [0, 0.05) is 24.7 Å². The van der Waals surface area contributed by atoms with E-state index >= 15 is 0 Å². The number of non-ortho nitro benzene ring substituents is 1. The predicted molar refractivity (Wildman–Crippen MR) is 88.7 cm³/mol. The molecule has 0 bridgehead atoms. The van der Waals surface area contributed by atoms with Crippen LogP contribution >= 0.6 is 11.3 Å². The lowest BCUT2D eigenvalue weighted by molar-refractivity contribution is -0.384. The fraction of sp³-hybridized carbons (Fsp3) is 0.0667. The molecule has 0 unspecified atom stereocenters. The highest BCUT2D eigenvalue weighted by atomic mass is 32.1. The Morgan fingerprint density at radius 2 is 2.09 bits per heavy atom. The van der Waals surface area contributed by atoms with E-state index in [9.17, 15) is 15.2 Å². The van der Waals surface area contributed by atoms with Gasteiger partial charge in [-0.3, -0.25) is 10.1 Å². The molecule has 1 heterocycles. The number of hydrogen-bond acceptors (Lipinski definition) is 6. The number of phenols is 1. The number of nitro groups is 1. The zero-order valence-corrected chi connectivity index (χ0v) is 12.9. The topological polar surface area (TPSA) is 93.0 Å². The highest BCUT2D eigenvalue weighted by molar-refractivity contribution is 7.16. The molecule has 0 atom stereocenters. The Labute approximate surface area is 134 Å². The number of rotatable bonds is 3. The lowest BCUT2D eigenvalue weighted by Crippen LogP contribution is -2.08. The van der Waals surface area contributed by atoms with Crippen LogP contribution in [0.5, 0.6) is 5.75 Å². The number of nitro benzene ring substituents is 1. The van der Waals surface area contributed by atoms with Gasteiger partial charge in [0.25, 0.3) is 5.69 Å². The van der Waals surface area contributed by atoms with Gasteiger partial charge in [-0.25, -0.2) is 0 Å². The maximum absolute atomic E-state index is 10.8. The average molecular weight is 328 g/mol. The van der Waals surface area contributed by atoms with Gasteiger partial charge in [-0.15, -0.1) is 5.10 Å². The second kappa shape index (κ2) is 6.01. The van der Waals surface area contributed by atoms with Crippen LogP contribution in [0.2, 0.25) is 0 Å². The van der Waals surface area contributed by atoms with Crippen molar-refractivity contribution in [3.8, 4) is 5.75 Å². The van der Waals surface area contributed by atoms with E-state index in [2.05, 4.69) is 10.2 Å². The van der Waals surface area contributed by atoms with Crippen LogP contribution in [0.1, 0.15) is 5.56 Å². The Morgan fingerprint density at radius 3 is 2.83 bits per heavy atom. The third kappa shape index (κ3) is 2.97. The van der Waals surface area contributed by atoms with Gasteiger partial charge in [0.05, 0.1) is 21.4 Å². The zero-order chi connectivity index (χ0) is 16.4. The third-order valence-corrected chi connectivity index (χ3v) is 4.38. The van der Waals surface area contributed by atoms with Gasteiger partial charge in [0.2, 0.25) is 4.80 Å². The largest absolute Gasteiger partial charge is 0.507 e. The highest BCUT2D eigenvalue weighted by Gasteiger charge is 2.08. The number of aromatic nitrogens is 1. The molecular weight excluding hydrogens is 316 g/mol. The van der Waals surface area contributed by atoms with Crippen molar-refractivity contribution in [2.45, 2.75) is 0 Å². The number of phenolic OH excluding ortho intramolecular Hbond substituents is 1. The van der Waals surface area contributed by atoms with Gasteiger partial charge in [-0.2, -0.15) is 5.10 Å². The number of aryl methyl sites for hydroxylation is 1. The number of fused-ring (bicyclic) bond motifs is 1. The Hall–Kier alpha value is -3.00. The number of nitrogens with zero attached hydrogens (tertiary/aromatic N) is 4. The third-order valence-electron chi connectivity index (χ3n) is 3.28. The summed E-state index contributed by atoms with van der Waals surface area (Å²) in [6.45, 7) is 0. The molecule has 0 saturated carbocycles. The molecule has 0 aliphatic rings. The first-order valence-corrected chi connectivity index (χ1v) is 7.47. The molecule has 1 aromatic heterocycles. The number of thiazole rings is 1. The van der Waals surface area contributed by atoms with Gasteiger partial charge in [-0.05, 0) is 18.2 Å². The summed E-state index contributed by atoms with van der Waals surface area (Å²) in [5.41, 5.74) is 1.17. The van der Waals surface area contributed by atoms with E-state index in [1.807, 2.05) is 35.9 Å². The van der Waals surface area contributed by atoms with E-state index in [1.54, 1.807) is 0 Å². The van der Waals surface area contributed by atoms with Crippen molar-refractivity contribution >= 4 is 33.5 Å².